The molecule has 1 N–H and O–H groups in total. The van der Waals surface area contributed by atoms with Crippen LogP contribution in [0.3, 0.4) is 0 Å². The maximum Gasteiger partial charge on any atom is 0.333 e. The lowest BCUT2D eigenvalue weighted by Gasteiger charge is -1.99. The minimum atomic E-state index is -0.455. The number of rotatable bonds is 3. The summed E-state index contributed by atoms with van der Waals surface area (Å²) < 4.78 is 4.46. The fraction of sp³-hybridized carbons (Fsp3) is 0.188. The van der Waals surface area contributed by atoms with Crippen LogP contribution in [-0.4, -0.2) is 24.3 Å². The smallest absolute Gasteiger partial charge is 0.333 e. The lowest BCUT2D eigenvalue weighted by atomic mass is 10.4. The average molecular weight is 270 g/mol. The third kappa shape index (κ3) is 88.6. The molecule has 0 aromatic rings. The van der Waals surface area contributed by atoms with E-state index in [1.807, 2.05) is 0 Å². The summed E-state index contributed by atoms with van der Waals surface area (Å²) in [7, 11) is 0. The molecule has 19 heavy (non-hydrogen) atoms. The van der Waals surface area contributed by atoms with E-state index >= 15 is 0 Å². The first-order valence-corrected chi connectivity index (χ1v) is 5.12. The molecule has 0 amide bonds. The maximum atomic E-state index is 10.5. The number of hydrogen-bond donors (Lipinski definition) is 1. The highest BCUT2D eigenvalue weighted by molar-refractivity contribution is 5.86. The molecule has 0 unspecified atom stereocenters. The van der Waals surface area contributed by atoms with E-state index < -0.39 is 5.97 Å². The summed E-state index contributed by atoms with van der Waals surface area (Å²) in [6, 6.07) is 0. The summed E-state index contributed by atoms with van der Waals surface area (Å²) in [5, 5.41) is 8.19. The van der Waals surface area contributed by atoms with Crippen molar-refractivity contribution in [2.45, 2.75) is 6.92 Å². The highest BCUT2D eigenvalue weighted by Gasteiger charge is 1.99. The summed E-state index contributed by atoms with van der Waals surface area (Å²) >= 11 is 0. The van der Waals surface area contributed by atoms with Gasteiger partial charge < -0.3 is 9.84 Å². The monoisotopic (exact) mass is 270 g/mol. The van der Waals surface area contributed by atoms with Crippen molar-refractivity contribution in [3.8, 4) is 0 Å². The van der Waals surface area contributed by atoms with Crippen molar-refractivity contribution in [1.29, 1.82) is 0 Å². The Morgan fingerprint density at radius 1 is 0.895 bits per heavy atom. The van der Waals surface area contributed by atoms with Crippen LogP contribution in [0.5, 0.6) is 0 Å². The van der Waals surface area contributed by atoms with Crippen LogP contribution in [0.15, 0.2) is 77.9 Å². The van der Waals surface area contributed by atoms with E-state index in [0.717, 1.165) is 0 Å². The van der Waals surface area contributed by atoms with Crippen molar-refractivity contribution < 1.29 is 14.6 Å². The summed E-state index contributed by atoms with van der Waals surface area (Å²) in [5.41, 5.74) is 0.350. The van der Waals surface area contributed by atoms with Crippen LogP contribution in [0.1, 0.15) is 6.92 Å². The summed E-state index contributed by atoms with van der Waals surface area (Å²) in [6.07, 6.45) is 0. The summed E-state index contributed by atoms with van der Waals surface area (Å²) in [5.74, 6) is -0.455. The van der Waals surface area contributed by atoms with Crippen LogP contribution >= 0.6 is 0 Å². The second kappa shape index (κ2) is 74.4. The Kier molecular flexibility index (Phi) is 141. The number of aliphatic hydroxyl groups is 1. The Balaban J connectivity index is -0.0000000356. The molecule has 0 atom stereocenters. The lowest BCUT2D eigenvalue weighted by Crippen LogP contribution is -2.08. The molecular formula is C16H30O3. The standard InChI is InChI=1S/C6H10O3.5C2H4/c1-5(2)6(8)9-4-3-7;5*1-2/h7H,1,3-4H2,2H3;5*1-2H2. The van der Waals surface area contributed by atoms with E-state index in [2.05, 4.69) is 77.1 Å². The Labute approximate surface area is 119 Å². The lowest BCUT2D eigenvalue weighted by molar-refractivity contribution is -0.139. The van der Waals surface area contributed by atoms with Crippen LogP contribution in [-0.2, 0) is 9.53 Å². The first-order chi connectivity index (χ1) is 9.18. The van der Waals surface area contributed by atoms with Gasteiger partial charge in [-0.15, -0.1) is 65.8 Å². The third-order valence-electron chi connectivity index (χ3n) is 0.673. The predicted octanol–water partition coefficient (Wildman–Crippen LogP) is 4.11. The van der Waals surface area contributed by atoms with Crippen molar-refractivity contribution >= 4 is 5.97 Å². The van der Waals surface area contributed by atoms with Crippen molar-refractivity contribution in [3.05, 3.63) is 77.9 Å². The zero-order valence-corrected chi connectivity index (χ0v) is 12.5. The zero-order valence-electron chi connectivity index (χ0n) is 12.5. The van der Waals surface area contributed by atoms with Gasteiger partial charge in [-0.2, -0.15) is 0 Å². The van der Waals surface area contributed by atoms with Crippen molar-refractivity contribution in [3.63, 3.8) is 0 Å². The van der Waals surface area contributed by atoms with Gasteiger partial charge in [-0.25, -0.2) is 4.79 Å². The molecule has 0 radical (unpaired) electrons. The first kappa shape index (κ1) is 36.0. The SMILES string of the molecule is C=C.C=C.C=C.C=C.C=C.C=C(C)C(=O)OCCO. The molecule has 3 nitrogen and oxygen atoms in total. The number of ether oxygens (including phenoxy) is 1. The van der Waals surface area contributed by atoms with E-state index in [1.54, 1.807) is 6.92 Å². The number of esters is 1. The molecule has 0 fully saturated rings. The van der Waals surface area contributed by atoms with Crippen LogP contribution in [0.25, 0.3) is 0 Å². The number of carbonyl (C=O) groups is 1. The molecule has 0 spiro atoms. The first-order valence-electron chi connectivity index (χ1n) is 5.12. The molecule has 0 heterocycles. The van der Waals surface area contributed by atoms with E-state index in [4.69, 9.17) is 5.11 Å². The molecule has 0 aliphatic heterocycles. The maximum absolute atomic E-state index is 10.5. The Morgan fingerprint density at radius 3 is 1.32 bits per heavy atom. The predicted molar refractivity (Wildman–Crippen MR) is 89.1 cm³/mol. The van der Waals surface area contributed by atoms with Crippen molar-refractivity contribution in [2.75, 3.05) is 13.2 Å². The molecule has 0 saturated heterocycles. The van der Waals surface area contributed by atoms with Crippen LogP contribution < -0.4 is 0 Å². The van der Waals surface area contributed by atoms with E-state index in [0.29, 0.717) is 5.57 Å². The Hall–Kier alpha value is -2.13. The van der Waals surface area contributed by atoms with Gasteiger partial charge in [-0.1, -0.05) is 6.58 Å². The number of carbonyl (C=O) groups excluding carboxylic acids is 1. The topological polar surface area (TPSA) is 46.5 Å². The Morgan fingerprint density at radius 2 is 1.16 bits per heavy atom. The fourth-order valence-corrected chi connectivity index (χ4v) is 0.262. The largest absolute Gasteiger partial charge is 0.460 e. The second-order valence-corrected chi connectivity index (χ2v) is 1.64. The van der Waals surface area contributed by atoms with Gasteiger partial charge in [0.25, 0.3) is 0 Å². The molecule has 0 bridgehead atoms. The normalized spacial score (nSPS) is 5.16. The van der Waals surface area contributed by atoms with Crippen LogP contribution in [0.4, 0.5) is 0 Å². The van der Waals surface area contributed by atoms with Gasteiger partial charge in [0, 0.05) is 5.57 Å². The third-order valence-corrected chi connectivity index (χ3v) is 0.673. The van der Waals surface area contributed by atoms with Gasteiger partial charge in [-0.3, -0.25) is 0 Å². The molecule has 0 aliphatic rings. The number of hydrogen-bond acceptors (Lipinski definition) is 3. The van der Waals surface area contributed by atoms with E-state index in [9.17, 15) is 4.79 Å². The van der Waals surface area contributed by atoms with Crippen LogP contribution in [0.2, 0.25) is 0 Å². The molecule has 0 rings (SSSR count). The molecule has 0 aromatic carbocycles. The summed E-state index contributed by atoms with van der Waals surface area (Å²) in [6.45, 7) is 34.8. The van der Waals surface area contributed by atoms with Gasteiger partial charge in [0.05, 0.1) is 6.61 Å². The van der Waals surface area contributed by atoms with Crippen LogP contribution in [0, 0.1) is 0 Å². The van der Waals surface area contributed by atoms with E-state index in [1.165, 1.54) is 0 Å². The number of aliphatic hydroxyl groups excluding tert-OH is 1. The molecular weight excluding hydrogens is 240 g/mol. The van der Waals surface area contributed by atoms with Gasteiger partial charge in [0.15, 0.2) is 0 Å². The quantitative estimate of drug-likeness (QED) is 0.477. The molecule has 0 aromatic heterocycles. The molecule has 0 saturated carbocycles. The zero-order chi connectivity index (χ0) is 17.3. The minimum absolute atomic E-state index is 0.0473. The second-order valence-electron chi connectivity index (χ2n) is 1.64. The van der Waals surface area contributed by atoms with Crippen molar-refractivity contribution in [2.24, 2.45) is 0 Å². The van der Waals surface area contributed by atoms with E-state index in [-0.39, 0.29) is 13.2 Å². The molecule has 112 valence electrons. The summed E-state index contributed by atoms with van der Waals surface area (Å²) in [4.78, 5) is 10.5. The van der Waals surface area contributed by atoms with Gasteiger partial charge in [-0.05, 0) is 6.92 Å². The van der Waals surface area contributed by atoms with Gasteiger partial charge in [0.2, 0.25) is 0 Å². The minimum Gasteiger partial charge on any atom is -0.460 e. The Bertz CT molecular complexity index is 165. The highest BCUT2D eigenvalue weighted by atomic mass is 16.5. The fourth-order valence-electron chi connectivity index (χ4n) is 0.262. The highest BCUT2D eigenvalue weighted by Crippen LogP contribution is 1.89. The van der Waals surface area contributed by atoms with Gasteiger partial charge in [0.1, 0.15) is 6.61 Å². The van der Waals surface area contributed by atoms with Gasteiger partial charge >= 0.3 is 5.97 Å². The molecule has 3 heteroatoms. The van der Waals surface area contributed by atoms with Crippen molar-refractivity contribution in [1.82, 2.24) is 0 Å². The molecule has 0 aliphatic carbocycles. The average Bonchev–Trinajstić information content (AvgIpc) is 2.54.